The lowest BCUT2D eigenvalue weighted by Gasteiger charge is -2.10. The third-order valence-electron chi connectivity index (χ3n) is 6.37. The van der Waals surface area contributed by atoms with Crippen molar-refractivity contribution in [2.45, 2.75) is 47.0 Å². The maximum absolute atomic E-state index is 11.8. The summed E-state index contributed by atoms with van der Waals surface area (Å²) in [7, 11) is 0. The highest BCUT2D eigenvalue weighted by Crippen LogP contribution is 2.49. The van der Waals surface area contributed by atoms with Gasteiger partial charge in [0.2, 0.25) is 0 Å². The van der Waals surface area contributed by atoms with Gasteiger partial charge in [-0.15, -0.1) is 22.7 Å². The highest BCUT2D eigenvalue weighted by atomic mass is 32.1. The molecule has 0 aliphatic heterocycles. The first-order chi connectivity index (χ1) is 14.8. The second-order valence-corrected chi connectivity index (χ2v) is 10.9. The molecular weight excluding hydrogens is 420 g/mol. The molecule has 31 heavy (non-hydrogen) atoms. The molecule has 156 valence electrons. The van der Waals surface area contributed by atoms with Crippen LogP contribution in [-0.4, -0.2) is 11.6 Å². The molecule has 0 saturated heterocycles. The van der Waals surface area contributed by atoms with Crippen molar-refractivity contribution in [3.05, 3.63) is 68.4 Å². The Morgan fingerprint density at radius 2 is 1.13 bits per heavy atom. The van der Waals surface area contributed by atoms with Crippen LogP contribution in [-0.2, 0) is 0 Å². The molecule has 2 aromatic carbocycles. The molecular formula is C27H24O2S2. The Labute approximate surface area is 190 Å². The summed E-state index contributed by atoms with van der Waals surface area (Å²) in [4.78, 5) is 26.3. The van der Waals surface area contributed by atoms with Crippen LogP contribution in [0.5, 0.6) is 0 Å². The van der Waals surface area contributed by atoms with E-state index in [1.54, 1.807) is 36.5 Å². The van der Waals surface area contributed by atoms with E-state index < -0.39 is 0 Å². The largest absolute Gasteiger partial charge is 0.295 e. The highest BCUT2D eigenvalue weighted by molar-refractivity contribution is 7.19. The first-order valence-electron chi connectivity index (χ1n) is 10.7. The molecule has 0 fully saturated rings. The fourth-order valence-electron chi connectivity index (χ4n) is 4.92. The number of fused-ring (bicyclic) bond motifs is 2. The summed E-state index contributed by atoms with van der Waals surface area (Å²) in [6.07, 6.45) is 3.33. The molecule has 2 aromatic heterocycles. The minimum atomic E-state index is 0.112. The number of allylic oxidation sites excluding steroid dienone is 2. The number of benzene rings is 2. The van der Waals surface area contributed by atoms with E-state index in [9.17, 15) is 9.59 Å². The van der Waals surface area contributed by atoms with Gasteiger partial charge in [-0.1, -0.05) is 24.3 Å². The molecule has 1 aliphatic rings. The van der Waals surface area contributed by atoms with Crippen molar-refractivity contribution in [1.29, 1.82) is 0 Å². The van der Waals surface area contributed by atoms with Crippen LogP contribution in [0.3, 0.4) is 0 Å². The van der Waals surface area contributed by atoms with Crippen molar-refractivity contribution in [2.24, 2.45) is 0 Å². The van der Waals surface area contributed by atoms with Gasteiger partial charge < -0.3 is 0 Å². The fourth-order valence-corrected chi connectivity index (χ4v) is 7.18. The average Bonchev–Trinajstić information content (AvgIpc) is 3.39. The van der Waals surface area contributed by atoms with Gasteiger partial charge in [0, 0.05) is 41.1 Å². The maximum Gasteiger partial charge on any atom is 0.159 e. The molecule has 0 N–H and O–H groups in total. The summed E-state index contributed by atoms with van der Waals surface area (Å²) in [5, 5.41) is 2.52. The maximum atomic E-state index is 11.8. The third kappa shape index (κ3) is 3.29. The van der Waals surface area contributed by atoms with Crippen LogP contribution in [0.1, 0.15) is 74.7 Å². The second kappa shape index (κ2) is 7.54. The zero-order valence-corrected chi connectivity index (χ0v) is 19.9. The molecule has 5 rings (SSSR count). The van der Waals surface area contributed by atoms with Gasteiger partial charge >= 0.3 is 0 Å². The number of thiophene rings is 2. The van der Waals surface area contributed by atoms with E-state index in [0.29, 0.717) is 0 Å². The summed E-state index contributed by atoms with van der Waals surface area (Å²) in [6.45, 7) is 7.66. The molecule has 0 amide bonds. The van der Waals surface area contributed by atoms with Gasteiger partial charge in [0.1, 0.15) is 0 Å². The Balaban J connectivity index is 1.73. The Hall–Kier alpha value is -2.56. The van der Waals surface area contributed by atoms with Gasteiger partial charge in [-0.2, -0.15) is 0 Å². The van der Waals surface area contributed by atoms with Crippen molar-refractivity contribution in [3.63, 3.8) is 0 Å². The molecule has 0 saturated carbocycles. The lowest BCUT2D eigenvalue weighted by atomic mass is 9.93. The number of rotatable bonds is 4. The second-order valence-electron chi connectivity index (χ2n) is 8.41. The van der Waals surface area contributed by atoms with Crippen molar-refractivity contribution >= 4 is 65.6 Å². The Morgan fingerprint density at radius 1 is 0.710 bits per heavy atom. The first kappa shape index (κ1) is 20.3. The van der Waals surface area contributed by atoms with Gasteiger partial charge in [0.15, 0.2) is 11.6 Å². The first-order valence-corrected chi connectivity index (χ1v) is 12.3. The number of hydrogen-bond acceptors (Lipinski definition) is 4. The predicted molar refractivity (Wildman–Crippen MR) is 134 cm³/mol. The Kier molecular flexibility index (Phi) is 4.95. The average molecular weight is 445 g/mol. The highest BCUT2D eigenvalue weighted by Gasteiger charge is 2.25. The van der Waals surface area contributed by atoms with E-state index in [1.807, 2.05) is 24.3 Å². The number of carbonyl (C=O) groups excluding carboxylic acids is 2. The molecule has 2 heterocycles. The molecule has 0 atom stereocenters. The smallest absolute Gasteiger partial charge is 0.159 e. The van der Waals surface area contributed by atoms with E-state index in [1.165, 1.54) is 52.2 Å². The summed E-state index contributed by atoms with van der Waals surface area (Å²) < 4.78 is 2.38. The SMILES string of the molecule is CC(=O)c1ccc2c(C3=C(c4c(C)sc5cc(C(C)=O)ccc45)CCC3)c(C)sc2c1. The number of Topliss-reactive ketones (excluding diaryl/α,β-unsaturated/α-hetero) is 2. The lowest BCUT2D eigenvalue weighted by molar-refractivity contribution is 0.100. The van der Waals surface area contributed by atoms with Crippen LogP contribution in [0.4, 0.5) is 0 Å². The summed E-state index contributed by atoms with van der Waals surface area (Å²) in [5.74, 6) is 0.223. The number of hydrogen-bond donors (Lipinski definition) is 0. The summed E-state index contributed by atoms with van der Waals surface area (Å²) >= 11 is 3.58. The standard InChI is InChI=1S/C27H24O2S2/c1-14(28)18-8-10-22-24(12-18)30-16(3)26(22)20-6-5-7-21(20)27-17(4)31-25-13-19(15(2)29)9-11-23(25)27/h8-13H,5-7H2,1-4H3. The fraction of sp³-hybridized carbons (Fsp3) is 0.259. The van der Waals surface area contributed by atoms with Crippen LogP contribution >= 0.6 is 22.7 Å². The van der Waals surface area contributed by atoms with E-state index >= 15 is 0 Å². The molecule has 4 heteroatoms. The van der Waals surface area contributed by atoms with Crippen LogP contribution < -0.4 is 0 Å². The molecule has 1 aliphatic carbocycles. The van der Waals surface area contributed by atoms with Crippen LogP contribution in [0.25, 0.3) is 31.3 Å². The van der Waals surface area contributed by atoms with E-state index in [0.717, 1.165) is 30.4 Å². The number of ketones is 2. The van der Waals surface area contributed by atoms with Crippen molar-refractivity contribution < 1.29 is 9.59 Å². The van der Waals surface area contributed by atoms with Crippen LogP contribution in [0.2, 0.25) is 0 Å². The molecule has 0 radical (unpaired) electrons. The van der Waals surface area contributed by atoms with Gasteiger partial charge in [-0.3, -0.25) is 9.59 Å². The topological polar surface area (TPSA) is 34.1 Å². The van der Waals surface area contributed by atoms with E-state index in [4.69, 9.17) is 0 Å². The third-order valence-corrected chi connectivity index (χ3v) is 8.50. The number of aryl methyl sites for hydroxylation is 2. The molecule has 0 spiro atoms. The summed E-state index contributed by atoms with van der Waals surface area (Å²) in [6, 6.07) is 12.3. The van der Waals surface area contributed by atoms with Crippen molar-refractivity contribution in [2.75, 3.05) is 0 Å². The minimum absolute atomic E-state index is 0.112. The zero-order chi connectivity index (χ0) is 21.9. The van der Waals surface area contributed by atoms with Crippen molar-refractivity contribution in [3.8, 4) is 0 Å². The van der Waals surface area contributed by atoms with E-state index in [2.05, 4.69) is 26.0 Å². The molecule has 0 bridgehead atoms. The monoisotopic (exact) mass is 444 g/mol. The normalized spacial score (nSPS) is 14.2. The molecule has 4 aromatic rings. The lowest BCUT2D eigenvalue weighted by Crippen LogP contribution is -1.92. The Morgan fingerprint density at radius 3 is 1.52 bits per heavy atom. The zero-order valence-electron chi connectivity index (χ0n) is 18.2. The van der Waals surface area contributed by atoms with Gasteiger partial charge in [-0.05, 0) is 81.4 Å². The van der Waals surface area contributed by atoms with Crippen molar-refractivity contribution in [1.82, 2.24) is 0 Å². The van der Waals surface area contributed by atoms with Crippen LogP contribution in [0, 0.1) is 13.8 Å². The predicted octanol–water partition coefficient (Wildman–Crippen LogP) is 8.23. The van der Waals surface area contributed by atoms with E-state index in [-0.39, 0.29) is 11.6 Å². The van der Waals surface area contributed by atoms with Gasteiger partial charge in [0.05, 0.1) is 0 Å². The molecule has 0 unspecified atom stereocenters. The Bertz CT molecular complexity index is 1320. The van der Waals surface area contributed by atoms with Crippen LogP contribution in [0.15, 0.2) is 36.4 Å². The summed E-state index contributed by atoms with van der Waals surface area (Å²) in [5.41, 5.74) is 7.20. The van der Waals surface area contributed by atoms with Gasteiger partial charge in [0.25, 0.3) is 0 Å². The quantitative estimate of drug-likeness (QED) is 0.297. The number of carbonyl (C=O) groups is 2. The minimum Gasteiger partial charge on any atom is -0.295 e. The van der Waals surface area contributed by atoms with Gasteiger partial charge in [-0.25, -0.2) is 0 Å². The molecule has 2 nitrogen and oxygen atoms in total.